The molecule has 1 nitrogen and oxygen atoms in total. The molecule has 1 fully saturated rings. The van der Waals surface area contributed by atoms with Crippen molar-refractivity contribution in [2.75, 3.05) is 13.1 Å². The van der Waals surface area contributed by atoms with Crippen molar-refractivity contribution in [1.29, 1.82) is 0 Å². The lowest BCUT2D eigenvalue weighted by atomic mass is 9.97. The molecule has 0 saturated heterocycles. The normalized spacial score (nSPS) is 16.4. The molecule has 0 atom stereocenters. The second-order valence-electron chi connectivity index (χ2n) is 5.98. The Balaban J connectivity index is 1.79. The maximum Gasteiger partial charge on any atom is -0.000804 e. The van der Waals surface area contributed by atoms with Gasteiger partial charge in [-0.1, -0.05) is 30.5 Å². The van der Waals surface area contributed by atoms with E-state index in [1.54, 1.807) is 5.56 Å². The summed E-state index contributed by atoms with van der Waals surface area (Å²) in [5, 5.41) is 3.64. The third-order valence-corrected chi connectivity index (χ3v) is 4.30. The fourth-order valence-electron chi connectivity index (χ4n) is 3.34. The maximum atomic E-state index is 3.64. The predicted molar refractivity (Wildman–Crippen MR) is 79.2 cm³/mol. The van der Waals surface area contributed by atoms with Gasteiger partial charge in [-0.05, 0) is 75.7 Å². The van der Waals surface area contributed by atoms with Crippen molar-refractivity contribution in [2.45, 2.75) is 52.9 Å². The Morgan fingerprint density at radius 3 is 2.28 bits per heavy atom. The molecule has 0 spiro atoms. The number of hydrogen-bond donors (Lipinski definition) is 1. The molecular formula is C17H27N. The SMILES string of the molecule is Cc1cc(C)c(CCNCC2CCCC2)c(C)c1. The van der Waals surface area contributed by atoms with Gasteiger partial charge in [0.05, 0.1) is 0 Å². The van der Waals surface area contributed by atoms with Crippen LogP contribution in [0.25, 0.3) is 0 Å². The van der Waals surface area contributed by atoms with E-state index in [9.17, 15) is 0 Å². The van der Waals surface area contributed by atoms with E-state index < -0.39 is 0 Å². The molecule has 0 unspecified atom stereocenters. The number of hydrogen-bond acceptors (Lipinski definition) is 1. The molecule has 0 aromatic heterocycles. The first-order valence-corrected chi connectivity index (χ1v) is 7.44. The lowest BCUT2D eigenvalue weighted by Crippen LogP contribution is -2.24. The Morgan fingerprint density at radius 1 is 1.06 bits per heavy atom. The molecule has 0 bridgehead atoms. The Kier molecular flexibility index (Phi) is 4.82. The van der Waals surface area contributed by atoms with Gasteiger partial charge < -0.3 is 5.32 Å². The highest BCUT2D eigenvalue weighted by Crippen LogP contribution is 2.23. The van der Waals surface area contributed by atoms with Gasteiger partial charge in [0.2, 0.25) is 0 Å². The van der Waals surface area contributed by atoms with Crippen LogP contribution in [0.5, 0.6) is 0 Å². The van der Waals surface area contributed by atoms with Gasteiger partial charge in [-0.25, -0.2) is 0 Å². The molecule has 1 N–H and O–H groups in total. The van der Waals surface area contributed by atoms with Gasteiger partial charge in [-0.3, -0.25) is 0 Å². The summed E-state index contributed by atoms with van der Waals surface area (Å²) in [6, 6.07) is 4.61. The summed E-state index contributed by atoms with van der Waals surface area (Å²) in [6.45, 7) is 9.02. The molecule has 18 heavy (non-hydrogen) atoms. The summed E-state index contributed by atoms with van der Waals surface area (Å²) in [7, 11) is 0. The molecule has 100 valence electrons. The van der Waals surface area contributed by atoms with Crippen LogP contribution in [0.4, 0.5) is 0 Å². The number of aryl methyl sites for hydroxylation is 3. The molecule has 1 saturated carbocycles. The van der Waals surface area contributed by atoms with E-state index in [4.69, 9.17) is 0 Å². The fraction of sp³-hybridized carbons (Fsp3) is 0.647. The Bertz CT molecular complexity index is 366. The van der Waals surface area contributed by atoms with Gasteiger partial charge in [0.25, 0.3) is 0 Å². The van der Waals surface area contributed by atoms with E-state index in [1.165, 1.54) is 55.3 Å². The van der Waals surface area contributed by atoms with Gasteiger partial charge in [0.1, 0.15) is 0 Å². The Morgan fingerprint density at radius 2 is 1.67 bits per heavy atom. The largest absolute Gasteiger partial charge is 0.316 e. The van der Waals surface area contributed by atoms with Gasteiger partial charge in [-0.2, -0.15) is 0 Å². The molecule has 2 rings (SSSR count). The van der Waals surface area contributed by atoms with E-state index in [0.29, 0.717) is 0 Å². The van der Waals surface area contributed by atoms with Crippen molar-refractivity contribution < 1.29 is 0 Å². The van der Waals surface area contributed by atoms with Crippen molar-refractivity contribution in [3.05, 3.63) is 34.4 Å². The average Bonchev–Trinajstić information content (AvgIpc) is 2.79. The minimum Gasteiger partial charge on any atom is -0.316 e. The maximum absolute atomic E-state index is 3.64. The first kappa shape index (κ1) is 13.6. The van der Waals surface area contributed by atoms with Gasteiger partial charge >= 0.3 is 0 Å². The zero-order valence-electron chi connectivity index (χ0n) is 12.2. The predicted octanol–water partition coefficient (Wildman–Crippen LogP) is 3.93. The number of rotatable bonds is 5. The second-order valence-corrected chi connectivity index (χ2v) is 5.98. The van der Waals surface area contributed by atoms with Crippen molar-refractivity contribution in [1.82, 2.24) is 5.32 Å². The molecule has 1 aliphatic rings. The second kappa shape index (κ2) is 6.38. The lowest BCUT2D eigenvalue weighted by molar-refractivity contribution is 0.491. The van der Waals surface area contributed by atoms with E-state index >= 15 is 0 Å². The van der Waals surface area contributed by atoms with Crippen LogP contribution in [0.15, 0.2) is 12.1 Å². The Labute approximate surface area is 112 Å². The highest BCUT2D eigenvalue weighted by molar-refractivity contribution is 5.37. The van der Waals surface area contributed by atoms with Crippen molar-refractivity contribution >= 4 is 0 Å². The standard InChI is InChI=1S/C17H27N/c1-13-10-14(2)17(15(3)11-13)8-9-18-12-16-6-4-5-7-16/h10-11,16,18H,4-9,12H2,1-3H3. The minimum absolute atomic E-state index is 0.949. The first-order chi connectivity index (χ1) is 8.66. The van der Waals surface area contributed by atoms with Crippen LogP contribution in [0.2, 0.25) is 0 Å². The van der Waals surface area contributed by atoms with Crippen LogP contribution in [0.1, 0.15) is 47.9 Å². The van der Waals surface area contributed by atoms with Gasteiger partial charge in [-0.15, -0.1) is 0 Å². The third-order valence-electron chi connectivity index (χ3n) is 4.30. The molecule has 0 heterocycles. The number of nitrogens with one attached hydrogen (secondary N) is 1. The van der Waals surface area contributed by atoms with Crippen LogP contribution in [0, 0.1) is 26.7 Å². The average molecular weight is 245 g/mol. The molecule has 0 aliphatic heterocycles. The summed E-state index contributed by atoms with van der Waals surface area (Å²) in [5.41, 5.74) is 5.83. The highest BCUT2D eigenvalue weighted by atomic mass is 14.9. The summed E-state index contributed by atoms with van der Waals surface area (Å²) < 4.78 is 0. The molecule has 1 heteroatoms. The molecule has 0 radical (unpaired) electrons. The van der Waals surface area contributed by atoms with E-state index in [-0.39, 0.29) is 0 Å². The summed E-state index contributed by atoms with van der Waals surface area (Å²) in [6.07, 6.45) is 6.95. The lowest BCUT2D eigenvalue weighted by Gasteiger charge is -2.13. The zero-order valence-corrected chi connectivity index (χ0v) is 12.2. The fourth-order valence-corrected chi connectivity index (χ4v) is 3.34. The topological polar surface area (TPSA) is 12.0 Å². The summed E-state index contributed by atoms with van der Waals surface area (Å²) in [4.78, 5) is 0. The third kappa shape index (κ3) is 3.58. The van der Waals surface area contributed by atoms with Crippen LogP contribution >= 0.6 is 0 Å². The van der Waals surface area contributed by atoms with Crippen LogP contribution in [-0.4, -0.2) is 13.1 Å². The van der Waals surface area contributed by atoms with E-state index in [0.717, 1.165) is 12.5 Å². The smallest absolute Gasteiger partial charge is 0.000804 e. The molecule has 1 aliphatic carbocycles. The highest BCUT2D eigenvalue weighted by Gasteiger charge is 2.14. The molecular weight excluding hydrogens is 218 g/mol. The minimum atomic E-state index is 0.949. The first-order valence-electron chi connectivity index (χ1n) is 7.44. The van der Waals surface area contributed by atoms with Crippen LogP contribution in [-0.2, 0) is 6.42 Å². The van der Waals surface area contributed by atoms with Crippen molar-refractivity contribution in [2.24, 2.45) is 5.92 Å². The quantitative estimate of drug-likeness (QED) is 0.775. The van der Waals surface area contributed by atoms with Gasteiger partial charge in [0, 0.05) is 0 Å². The van der Waals surface area contributed by atoms with E-state index in [1.807, 2.05) is 0 Å². The summed E-state index contributed by atoms with van der Waals surface area (Å²) >= 11 is 0. The van der Waals surface area contributed by atoms with Gasteiger partial charge in [0.15, 0.2) is 0 Å². The molecule has 1 aromatic carbocycles. The van der Waals surface area contributed by atoms with Crippen LogP contribution < -0.4 is 5.32 Å². The summed E-state index contributed by atoms with van der Waals surface area (Å²) in [5.74, 6) is 0.949. The number of benzene rings is 1. The van der Waals surface area contributed by atoms with Crippen LogP contribution in [0.3, 0.4) is 0 Å². The van der Waals surface area contributed by atoms with E-state index in [2.05, 4.69) is 38.2 Å². The Hall–Kier alpha value is -0.820. The monoisotopic (exact) mass is 245 g/mol. The molecule has 1 aromatic rings. The van der Waals surface area contributed by atoms with Crippen molar-refractivity contribution in [3.8, 4) is 0 Å². The zero-order chi connectivity index (χ0) is 13.0. The van der Waals surface area contributed by atoms with Crippen molar-refractivity contribution in [3.63, 3.8) is 0 Å². The molecule has 0 amide bonds.